The first-order chi connectivity index (χ1) is 9.24. The zero-order chi connectivity index (χ0) is 15.3. The molecule has 0 aliphatic rings. The van der Waals surface area contributed by atoms with E-state index in [9.17, 15) is 0 Å². The third-order valence-corrected chi connectivity index (χ3v) is 3.39. The second-order valence-electron chi connectivity index (χ2n) is 6.41. The van der Waals surface area contributed by atoms with Crippen molar-refractivity contribution in [3.05, 3.63) is 16.5 Å². The quantitative estimate of drug-likeness (QED) is 0.742. The summed E-state index contributed by atoms with van der Waals surface area (Å²) >= 11 is 3.52. The van der Waals surface area contributed by atoms with Gasteiger partial charge in [0.25, 0.3) is 0 Å². The van der Waals surface area contributed by atoms with Crippen LogP contribution in [0.5, 0.6) is 0 Å². The summed E-state index contributed by atoms with van der Waals surface area (Å²) in [5.74, 6) is 1.90. The molecular formula is C15H27BrN4. The van der Waals surface area contributed by atoms with Gasteiger partial charge in [0.15, 0.2) is 0 Å². The molecule has 0 saturated heterocycles. The highest BCUT2D eigenvalue weighted by molar-refractivity contribution is 9.10. The molecule has 1 aromatic heterocycles. The van der Waals surface area contributed by atoms with Gasteiger partial charge in [-0.3, -0.25) is 0 Å². The van der Waals surface area contributed by atoms with E-state index in [1.165, 1.54) is 0 Å². The average Bonchev–Trinajstić information content (AvgIpc) is 2.32. The van der Waals surface area contributed by atoms with Crippen molar-refractivity contribution in [2.45, 2.75) is 39.5 Å². The maximum atomic E-state index is 4.77. The standard InChI is InChI=1S/C15H27BrN4/c1-7-8-20(10-9-19(5)6)13-11-12(16)17-14(18-13)15(2,3)4/h11H,7-10H2,1-6H3. The van der Waals surface area contributed by atoms with Gasteiger partial charge in [-0.25, -0.2) is 9.97 Å². The van der Waals surface area contributed by atoms with Gasteiger partial charge in [0, 0.05) is 31.1 Å². The van der Waals surface area contributed by atoms with Crippen molar-refractivity contribution in [1.29, 1.82) is 0 Å². The van der Waals surface area contributed by atoms with Crippen LogP contribution >= 0.6 is 15.9 Å². The van der Waals surface area contributed by atoms with Gasteiger partial charge in [-0.05, 0) is 36.4 Å². The highest BCUT2D eigenvalue weighted by Gasteiger charge is 2.20. The summed E-state index contributed by atoms with van der Waals surface area (Å²) < 4.78 is 0.860. The highest BCUT2D eigenvalue weighted by atomic mass is 79.9. The van der Waals surface area contributed by atoms with Crippen LogP contribution in [0.2, 0.25) is 0 Å². The Kier molecular flexibility index (Phi) is 6.40. The zero-order valence-corrected chi connectivity index (χ0v) is 15.2. The Hall–Kier alpha value is -0.680. The van der Waals surface area contributed by atoms with Crippen molar-refractivity contribution in [1.82, 2.24) is 14.9 Å². The van der Waals surface area contributed by atoms with Gasteiger partial charge >= 0.3 is 0 Å². The molecule has 1 heterocycles. The van der Waals surface area contributed by atoms with E-state index in [1.54, 1.807) is 0 Å². The van der Waals surface area contributed by atoms with Crippen molar-refractivity contribution in [2.24, 2.45) is 0 Å². The maximum absolute atomic E-state index is 4.77. The van der Waals surface area contributed by atoms with Crippen LogP contribution in [0.4, 0.5) is 5.82 Å². The first kappa shape index (κ1) is 17.4. The fourth-order valence-electron chi connectivity index (χ4n) is 1.83. The van der Waals surface area contributed by atoms with Crippen LogP contribution in [0.1, 0.15) is 39.9 Å². The van der Waals surface area contributed by atoms with E-state index in [0.717, 1.165) is 42.3 Å². The summed E-state index contributed by atoms with van der Waals surface area (Å²) in [6.45, 7) is 11.6. The largest absolute Gasteiger partial charge is 0.355 e. The third-order valence-electron chi connectivity index (χ3n) is 2.99. The minimum atomic E-state index is -0.0437. The van der Waals surface area contributed by atoms with Crippen LogP contribution in [-0.4, -0.2) is 48.6 Å². The first-order valence-corrected chi connectivity index (χ1v) is 7.98. The lowest BCUT2D eigenvalue weighted by atomic mass is 9.96. The van der Waals surface area contributed by atoms with Crippen molar-refractivity contribution in [3.8, 4) is 0 Å². The van der Waals surface area contributed by atoms with Crippen molar-refractivity contribution < 1.29 is 0 Å². The van der Waals surface area contributed by atoms with Crippen LogP contribution in [0.3, 0.4) is 0 Å². The lowest BCUT2D eigenvalue weighted by Gasteiger charge is -2.27. The molecule has 4 nitrogen and oxygen atoms in total. The topological polar surface area (TPSA) is 32.3 Å². The smallest absolute Gasteiger partial charge is 0.137 e. The van der Waals surface area contributed by atoms with Crippen LogP contribution < -0.4 is 4.90 Å². The number of halogens is 1. The number of rotatable bonds is 6. The minimum Gasteiger partial charge on any atom is -0.355 e. The maximum Gasteiger partial charge on any atom is 0.137 e. The molecule has 1 rings (SSSR count). The SMILES string of the molecule is CCCN(CCN(C)C)c1cc(Br)nc(C(C)(C)C)n1. The molecule has 0 spiro atoms. The van der Waals surface area contributed by atoms with Gasteiger partial charge in [-0.1, -0.05) is 27.7 Å². The molecule has 0 radical (unpaired) electrons. The summed E-state index contributed by atoms with van der Waals surface area (Å²) in [5.41, 5.74) is -0.0437. The number of nitrogens with zero attached hydrogens (tertiary/aromatic N) is 4. The molecule has 0 saturated carbocycles. The predicted molar refractivity (Wildman–Crippen MR) is 89.5 cm³/mol. The molecule has 0 amide bonds. The molecule has 1 aromatic rings. The van der Waals surface area contributed by atoms with Crippen molar-refractivity contribution in [2.75, 3.05) is 38.6 Å². The van der Waals surface area contributed by atoms with Crippen molar-refractivity contribution >= 4 is 21.7 Å². The molecule has 114 valence electrons. The first-order valence-electron chi connectivity index (χ1n) is 7.18. The Bertz CT molecular complexity index is 426. The molecule has 0 fully saturated rings. The molecule has 20 heavy (non-hydrogen) atoms. The molecule has 0 aliphatic carbocycles. The molecule has 0 unspecified atom stereocenters. The number of likely N-dealkylation sites (N-methyl/N-ethyl adjacent to an activating group) is 1. The molecule has 0 aromatic carbocycles. The van der Waals surface area contributed by atoms with Crippen LogP contribution in [0.15, 0.2) is 10.7 Å². The Morgan fingerprint density at radius 2 is 1.75 bits per heavy atom. The summed E-state index contributed by atoms with van der Waals surface area (Å²) in [7, 11) is 4.20. The third kappa shape index (κ3) is 5.37. The van der Waals surface area contributed by atoms with E-state index >= 15 is 0 Å². The molecule has 5 heteroatoms. The van der Waals surface area contributed by atoms with Gasteiger partial charge in [0.2, 0.25) is 0 Å². The van der Waals surface area contributed by atoms with Crippen molar-refractivity contribution in [3.63, 3.8) is 0 Å². The lowest BCUT2D eigenvalue weighted by Crippen LogP contribution is -2.33. The van der Waals surface area contributed by atoms with Crippen LogP contribution in [-0.2, 0) is 5.41 Å². The van der Waals surface area contributed by atoms with Gasteiger partial charge in [0.05, 0.1) is 0 Å². The normalized spacial score (nSPS) is 12.0. The molecule has 0 atom stereocenters. The summed E-state index contributed by atoms with van der Waals surface area (Å²) in [6, 6.07) is 2.01. The van der Waals surface area contributed by atoms with Crippen LogP contribution in [0.25, 0.3) is 0 Å². The second kappa shape index (κ2) is 7.36. The fraction of sp³-hybridized carbons (Fsp3) is 0.733. The lowest BCUT2D eigenvalue weighted by molar-refractivity contribution is 0.412. The number of hydrogen-bond acceptors (Lipinski definition) is 4. The molecule has 0 N–H and O–H groups in total. The van der Waals surface area contributed by atoms with E-state index in [1.807, 2.05) is 6.07 Å². The predicted octanol–water partition coefficient (Wildman–Crippen LogP) is 3.31. The monoisotopic (exact) mass is 342 g/mol. The number of hydrogen-bond donors (Lipinski definition) is 0. The molecule has 0 aliphatic heterocycles. The fourth-order valence-corrected chi connectivity index (χ4v) is 2.21. The van der Waals surface area contributed by atoms with E-state index in [-0.39, 0.29) is 5.41 Å². The average molecular weight is 343 g/mol. The van der Waals surface area contributed by atoms with E-state index in [0.29, 0.717) is 0 Å². The van der Waals surface area contributed by atoms with E-state index in [4.69, 9.17) is 4.98 Å². The molecule has 0 bridgehead atoms. The van der Waals surface area contributed by atoms with Gasteiger partial charge in [0.1, 0.15) is 16.2 Å². The highest BCUT2D eigenvalue weighted by Crippen LogP contribution is 2.24. The summed E-state index contributed by atoms with van der Waals surface area (Å²) in [5, 5.41) is 0. The Balaban J connectivity index is 3.03. The number of aromatic nitrogens is 2. The molecular weight excluding hydrogens is 316 g/mol. The van der Waals surface area contributed by atoms with Gasteiger partial charge < -0.3 is 9.80 Å². The van der Waals surface area contributed by atoms with Crippen LogP contribution in [0, 0.1) is 0 Å². The Morgan fingerprint density at radius 1 is 1.10 bits per heavy atom. The Labute approximate surface area is 131 Å². The summed E-state index contributed by atoms with van der Waals surface area (Å²) in [4.78, 5) is 13.8. The van der Waals surface area contributed by atoms with Gasteiger partial charge in [-0.15, -0.1) is 0 Å². The summed E-state index contributed by atoms with van der Waals surface area (Å²) in [6.07, 6.45) is 1.11. The van der Waals surface area contributed by atoms with E-state index in [2.05, 4.69) is 72.5 Å². The van der Waals surface area contributed by atoms with E-state index < -0.39 is 0 Å². The second-order valence-corrected chi connectivity index (χ2v) is 7.23. The number of anilines is 1. The van der Waals surface area contributed by atoms with Gasteiger partial charge in [-0.2, -0.15) is 0 Å². The minimum absolute atomic E-state index is 0.0437. The zero-order valence-electron chi connectivity index (χ0n) is 13.6. The Morgan fingerprint density at radius 3 is 2.25 bits per heavy atom.